The van der Waals surface area contributed by atoms with Crippen LogP contribution in [0.5, 0.6) is 0 Å². The Morgan fingerprint density at radius 1 is 1.19 bits per heavy atom. The van der Waals surface area contributed by atoms with Gasteiger partial charge in [0.25, 0.3) is 0 Å². The van der Waals surface area contributed by atoms with Gasteiger partial charge in [-0.2, -0.15) is 5.26 Å². The predicted octanol–water partition coefficient (Wildman–Crippen LogP) is 5.87. The van der Waals surface area contributed by atoms with Crippen LogP contribution in [0.15, 0.2) is 66.9 Å². The van der Waals surface area contributed by atoms with Gasteiger partial charge in [-0.05, 0) is 44.4 Å². The van der Waals surface area contributed by atoms with Crippen LogP contribution < -0.4 is 4.90 Å². The average Bonchev–Trinajstić information content (AvgIpc) is 2.76. The largest absolute Gasteiger partial charge is 0.443 e. The van der Waals surface area contributed by atoms with Gasteiger partial charge in [-0.25, -0.2) is 4.79 Å². The van der Waals surface area contributed by atoms with Crippen LogP contribution in [0, 0.1) is 11.3 Å². The summed E-state index contributed by atoms with van der Waals surface area (Å²) >= 11 is 0. The van der Waals surface area contributed by atoms with Gasteiger partial charge < -0.3 is 9.47 Å². The molecule has 0 aliphatic rings. The van der Waals surface area contributed by atoms with Crippen LogP contribution in [-0.4, -0.2) is 30.3 Å². The molecular weight excluding hydrogens is 402 g/mol. The molecule has 1 amide bonds. The second kappa shape index (κ2) is 9.63. The molecule has 0 spiro atoms. The van der Waals surface area contributed by atoms with E-state index in [0.29, 0.717) is 5.69 Å². The fourth-order valence-corrected chi connectivity index (χ4v) is 3.41. The molecule has 0 bridgehead atoms. The Kier molecular flexibility index (Phi) is 6.92. The summed E-state index contributed by atoms with van der Waals surface area (Å²) in [5.41, 5.74) is 2.72. The van der Waals surface area contributed by atoms with E-state index in [-0.39, 0.29) is 18.7 Å². The summed E-state index contributed by atoms with van der Waals surface area (Å²) in [5, 5.41) is 11.1. The van der Waals surface area contributed by atoms with E-state index in [4.69, 9.17) is 9.47 Å². The fourth-order valence-electron chi connectivity index (χ4n) is 3.41. The minimum atomic E-state index is -0.700. The van der Waals surface area contributed by atoms with Crippen molar-refractivity contribution in [1.82, 2.24) is 4.98 Å². The molecule has 6 heteroatoms. The monoisotopic (exact) mass is 429 g/mol. The van der Waals surface area contributed by atoms with E-state index >= 15 is 0 Å². The van der Waals surface area contributed by atoms with Crippen molar-refractivity contribution in [3.63, 3.8) is 0 Å². The highest BCUT2D eigenvalue weighted by Crippen LogP contribution is 2.35. The summed E-state index contributed by atoms with van der Waals surface area (Å²) in [6, 6.07) is 17.7. The first-order valence-electron chi connectivity index (χ1n) is 10.3. The molecule has 3 aromatic rings. The third kappa shape index (κ3) is 5.32. The highest BCUT2D eigenvalue weighted by molar-refractivity contribution is 6.04. The number of hydrogen-bond acceptors (Lipinski definition) is 5. The minimum Gasteiger partial charge on any atom is -0.443 e. The number of pyridine rings is 1. The Morgan fingerprint density at radius 2 is 1.94 bits per heavy atom. The quantitative estimate of drug-likeness (QED) is 0.458. The number of fused-ring (bicyclic) bond motifs is 1. The van der Waals surface area contributed by atoms with Crippen LogP contribution >= 0.6 is 0 Å². The predicted molar refractivity (Wildman–Crippen MR) is 126 cm³/mol. The van der Waals surface area contributed by atoms with Gasteiger partial charge in [0.05, 0.1) is 30.6 Å². The van der Waals surface area contributed by atoms with E-state index in [2.05, 4.69) is 11.6 Å². The fraction of sp³-hybridized carbons (Fsp3) is 0.269. The summed E-state index contributed by atoms with van der Waals surface area (Å²) in [7, 11) is 1.60. The molecule has 1 aromatic heterocycles. The van der Waals surface area contributed by atoms with Crippen molar-refractivity contribution in [3.8, 4) is 17.3 Å². The Bertz CT molecular complexity index is 1170. The third-order valence-electron chi connectivity index (χ3n) is 4.73. The van der Waals surface area contributed by atoms with Crippen LogP contribution in [0.3, 0.4) is 0 Å². The van der Waals surface area contributed by atoms with Gasteiger partial charge in [0.15, 0.2) is 0 Å². The van der Waals surface area contributed by atoms with Crippen molar-refractivity contribution < 1.29 is 14.3 Å². The number of carbonyl (C=O) groups excluding carboxylic acids is 1. The number of anilines is 1. The molecule has 2 aromatic carbocycles. The zero-order chi connectivity index (χ0) is 23.3. The van der Waals surface area contributed by atoms with Crippen molar-refractivity contribution in [1.29, 1.82) is 5.26 Å². The number of rotatable bonds is 6. The van der Waals surface area contributed by atoms with Crippen LogP contribution in [0.25, 0.3) is 22.0 Å². The van der Waals surface area contributed by atoms with Gasteiger partial charge >= 0.3 is 6.09 Å². The van der Waals surface area contributed by atoms with Gasteiger partial charge in [0.2, 0.25) is 0 Å². The number of hydrogen-bond donors (Lipinski definition) is 0. The van der Waals surface area contributed by atoms with Crippen molar-refractivity contribution in [2.24, 2.45) is 0 Å². The Balaban J connectivity index is 2.26. The molecular formula is C26H27N3O3. The van der Waals surface area contributed by atoms with Crippen molar-refractivity contribution in [3.05, 3.63) is 72.4 Å². The zero-order valence-electron chi connectivity index (χ0n) is 18.9. The maximum atomic E-state index is 13.3. The number of methoxy groups -OCH3 is 1. The molecule has 32 heavy (non-hydrogen) atoms. The molecule has 0 atom stereocenters. The molecule has 0 N–H and O–H groups in total. The highest BCUT2D eigenvalue weighted by Gasteiger charge is 2.27. The van der Waals surface area contributed by atoms with E-state index in [0.717, 1.165) is 27.6 Å². The maximum Gasteiger partial charge on any atom is 0.415 e. The number of aromatic nitrogens is 1. The van der Waals surface area contributed by atoms with Crippen molar-refractivity contribution in [2.75, 3.05) is 18.6 Å². The lowest BCUT2D eigenvalue weighted by Crippen LogP contribution is -2.38. The van der Waals surface area contributed by atoms with Gasteiger partial charge in [0.1, 0.15) is 5.60 Å². The zero-order valence-corrected chi connectivity index (χ0v) is 18.9. The summed E-state index contributed by atoms with van der Waals surface area (Å²) in [5.74, 6) is 0. The first-order valence-corrected chi connectivity index (χ1v) is 10.3. The summed E-state index contributed by atoms with van der Waals surface area (Å²) in [4.78, 5) is 19.2. The molecule has 164 valence electrons. The van der Waals surface area contributed by atoms with Crippen LogP contribution in [0.1, 0.15) is 26.3 Å². The Morgan fingerprint density at radius 3 is 2.56 bits per heavy atom. The molecule has 0 fully saturated rings. The number of ether oxygens (including phenoxy) is 2. The van der Waals surface area contributed by atoms with Gasteiger partial charge in [-0.3, -0.25) is 9.88 Å². The van der Waals surface area contributed by atoms with Crippen molar-refractivity contribution in [2.45, 2.75) is 33.0 Å². The number of nitriles is 1. The first-order chi connectivity index (χ1) is 15.2. The van der Waals surface area contributed by atoms with E-state index in [1.54, 1.807) is 34.1 Å². The van der Waals surface area contributed by atoms with E-state index in [9.17, 15) is 10.1 Å². The average molecular weight is 430 g/mol. The second-order valence-electron chi connectivity index (χ2n) is 8.44. The van der Waals surface area contributed by atoms with E-state index in [1.807, 2.05) is 54.6 Å². The molecule has 1 heterocycles. The van der Waals surface area contributed by atoms with E-state index < -0.39 is 11.7 Å². The second-order valence-corrected chi connectivity index (χ2v) is 8.44. The van der Waals surface area contributed by atoms with Crippen molar-refractivity contribution >= 4 is 22.6 Å². The standard InChI is InChI=1S/C26H27N3O3/c1-18(15-27)16-29(25(30)32-26(2,3)4)24-21(17-31-5)12-10-19-9-11-20(14-22(19)24)23-8-6-7-13-28-23/h6-14H,1,16-17H2,2-5H3. The smallest absolute Gasteiger partial charge is 0.415 e. The molecule has 0 saturated carbocycles. The van der Waals surface area contributed by atoms with Crippen LogP contribution in [0.2, 0.25) is 0 Å². The summed E-state index contributed by atoms with van der Waals surface area (Å²) < 4.78 is 11.1. The molecule has 0 saturated heterocycles. The molecule has 0 unspecified atom stereocenters. The normalized spacial score (nSPS) is 11.1. The van der Waals surface area contributed by atoms with Gasteiger partial charge in [0, 0.05) is 35.4 Å². The molecule has 0 radical (unpaired) electrons. The van der Waals surface area contributed by atoms with E-state index in [1.165, 1.54) is 4.90 Å². The van der Waals surface area contributed by atoms with Gasteiger partial charge in [-0.1, -0.05) is 36.9 Å². The molecule has 6 nitrogen and oxygen atoms in total. The van der Waals surface area contributed by atoms with Crippen LogP contribution in [-0.2, 0) is 16.1 Å². The summed E-state index contributed by atoms with van der Waals surface area (Å²) in [6.45, 7) is 9.50. The lowest BCUT2D eigenvalue weighted by atomic mass is 9.99. The summed E-state index contributed by atoms with van der Waals surface area (Å²) in [6.07, 6.45) is 1.19. The Hall–Kier alpha value is -3.69. The molecule has 0 aliphatic heterocycles. The number of benzene rings is 2. The number of nitrogens with zero attached hydrogens (tertiary/aromatic N) is 3. The van der Waals surface area contributed by atoms with Gasteiger partial charge in [-0.15, -0.1) is 0 Å². The Labute approximate surface area is 188 Å². The molecule has 3 rings (SSSR count). The first kappa shape index (κ1) is 23.0. The number of amides is 1. The lowest BCUT2D eigenvalue weighted by Gasteiger charge is -2.29. The molecule has 0 aliphatic carbocycles. The SMILES string of the molecule is C=C(C#N)CN(C(=O)OC(C)(C)C)c1c(COC)ccc2ccc(-c3ccccn3)cc12. The third-order valence-corrected chi connectivity index (χ3v) is 4.73. The minimum absolute atomic E-state index is 0.00898. The number of carbonyl (C=O) groups is 1. The van der Waals surface area contributed by atoms with Crippen LogP contribution in [0.4, 0.5) is 10.5 Å². The highest BCUT2D eigenvalue weighted by atomic mass is 16.6. The topological polar surface area (TPSA) is 75.5 Å². The maximum absolute atomic E-state index is 13.3. The lowest BCUT2D eigenvalue weighted by molar-refractivity contribution is 0.0583.